The Kier molecular flexibility index (Phi) is 2.92. The van der Waals surface area contributed by atoms with E-state index in [4.69, 9.17) is 5.73 Å². The van der Waals surface area contributed by atoms with Crippen molar-refractivity contribution in [3.05, 3.63) is 23.3 Å². The maximum atomic E-state index is 5.71. The number of fused-ring (bicyclic) bond motifs is 1. The Morgan fingerprint density at radius 1 is 1.38 bits per heavy atom. The van der Waals surface area contributed by atoms with Gasteiger partial charge in [0.05, 0.1) is 5.69 Å². The van der Waals surface area contributed by atoms with Gasteiger partial charge in [0.25, 0.3) is 0 Å². The van der Waals surface area contributed by atoms with Crippen molar-refractivity contribution in [3.63, 3.8) is 0 Å². The Morgan fingerprint density at radius 2 is 2.12 bits per heavy atom. The van der Waals surface area contributed by atoms with Crippen LogP contribution in [0.2, 0.25) is 0 Å². The topological polar surface area (TPSA) is 67.6 Å². The molecule has 2 aromatic heterocycles. The van der Waals surface area contributed by atoms with Crippen LogP contribution < -0.4 is 5.73 Å². The zero-order valence-corrected chi connectivity index (χ0v) is 10.0. The van der Waals surface area contributed by atoms with Crippen LogP contribution in [-0.4, -0.2) is 15.0 Å². The molecule has 16 heavy (non-hydrogen) atoms. The van der Waals surface area contributed by atoms with Crippen LogP contribution in [0.15, 0.2) is 6.20 Å². The van der Waals surface area contributed by atoms with Crippen LogP contribution in [0.3, 0.4) is 0 Å². The number of aromatic amines is 1. The van der Waals surface area contributed by atoms with Gasteiger partial charge in [-0.3, -0.25) is 0 Å². The Hall–Kier alpha value is -1.42. The van der Waals surface area contributed by atoms with Gasteiger partial charge in [0.1, 0.15) is 11.5 Å². The lowest BCUT2D eigenvalue weighted by molar-refractivity contribution is 0.768. The monoisotopic (exact) mass is 218 g/mol. The second-order valence-corrected chi connectivity index (χ2v) is 4.28. The number of hydrogen-bond acceptors (Lipinski definition) is 3. The van der Waals surface area contributed by atoms with Crippen molar-refractivity contribution in [2.75, 3.05) is 0 Å². The van der Waals surface area contributed by atoms with E-state index in [-0.39, 0.29) is 0 Å². The number of nitrogens with one attached hydrogen (secondary N) is 1. The molecule has 3 N–H and O–H groups in total. The minimum absolute atomic E-state index is 0.347. The highest BCUT2D eigenvalue weighted by molar-refractivity contribution is 5.82. The van der Waals surface area contributed by atoms with E-state index >= 15 is 0 Å². The fourth-order valence-corrected chi connectivity index (χ4v) is 1.87. The van der Waals surface area contributed by atoms with Gasteiger partial charge in [-0.05, 0) is 12.0 Å². The molecule has 4 heteroatoms. The van der Waals surface area contributed by atoms with E-state index in [1.54, 1.807) is 0 Å². The molecule has 0 aromatic carbocycles. The Labute approximate surface area is 95.3 Å². The van der Waals surface area contributed by atoms with Crippen LogP contribution in [0, 0.1) is 0 Å². The number of hydrogen-bond donors (Lipinski definition) is 2. The summed E-state index contributed by atoms with van der Waals surface area (Å²) in [5.74, 6) is 1.24. The fourth-order valence-electron chi connectivity index (χ4n) is 1.87. The normalized spacial score (nSPS) is 11.6. The number of nitrogens with two attached hydrogens (primary N) is 1. The van der Waals surface area contributed by atoms with Crippen molar-refractivity contribution in [2.24, 2.45) is 5.73 Å². The third-order valence-electron chi connectivity index (χ3n) is 2.78. The highest BCUT2D eigenvalue weighted by Crippen LogP contribution is 2.22. The van der Waals surface area contributed by atoms with Crippen LogP contribution in [0.25, 0.3) is 11.0 Å². The van der Waals surface area contributed by atoms with Crippen molar-refractivity contribution in [2.45, 2.75) is 39.7 Å². The summed E-state index contributed by atoms with van der Waals surface area (Å²) >= 11 is 0. The average molecular weight is 218 g/mol. The third-order valence-corrected chi connectivity index (χ3v) is 2.78. The molecule has 0 unspecified atom stereocenters. The minimum Gasteiger partial charge on any atom is -0.346 e. The first kappa shape index (κ1) is 11.1. The zero-order valence-electron chi connectivity index (χ0n) is 10.0. The van der Waals surface area contributed by atoms with Crippen molar-refractivity contribution < 1.29 is 0 Å². The van der Waals surface area contributed by atoms with Crippen LogP contribution in [0.5, 0.6) is 0 Å². The van der Waals surface area contributed by atoms with Crippen molar-refractivity contribution >= 4 is 11.0 Å². The smallest absolute Gasteiger partial charge is 0.141 e. The molecule has 4 nitrogen and oxygen atoms in total. The Balaban J connectivity index is 2.70. The van der Waals surface area contributed by atoms with E-state index in [1.165, 1.54) is 0 Å². The first-order valence-corrected chi connectivity index (χ1v) is 5.74. The molecule has 0 spiro atoms. The lowest BCUT2D eigenvalue weighted by Crippen LogP contribution is -2.03. The van der Waals surface area contributed by atoms with Crippen molar-refractivity contribution in [1.82, 2.24) is 15.0 Å². The number of rotatable bonds is 3. The van der Waals surface area contributed by atoms with Crippen molar-refractivity contribution in [3.8, 4) is 0 Å². The number of aryl methyl sites for hydroxylation is 1. The molecule has 0 bridgehead atoms. The minimum atomic E-state index is 0.347. The molecule has 0 amide bonds. The lowest BCUT2D eigenvalue weighted by atomic mass is 10.1. The summed E-state index contributed by atoms with van der Waals surface area (Å²) in [4.78, 5) is 12.3. The highest BCUT2D eigenvalue weighted by Gasteiger charge is 2.13. The van der Waals surface area contributed by atoms with Gasteiger partial charge in [-0.15, -0.1) is 0 Å². The van der Waals surface area contributed by atoms with Gasteiger partial charge in [0.2, 0.25) is 0 Å². The van der Waals surface area contributed by atoms with Gasteiger partial charge in [0.15, 0.2) is 0 Å². The molecule has 0 aliphatic heterocycles. The molecule has 0 atom stereocenters. The summed E-state index contributed by atoms with van der Waals surface area (Å²) in [6, 6.07) is 0. The van der Waals surface area contributed by atoms with E-state index in [0.29, 0.717) is 12.5 Å². The second-order valence-electron chi connectivity index (χ2n) is 4.28. The summed E-state index contributed by atoms with van der Waals surface area (Å²) in [5.41, 5.74) is 8.81. The molecule has 2 rings (SSSR count). The number of H-pyrrole nitrogens is 1. The van der Waals surface area contributed by atoms with Gasteiger partial charge >= 0.3 is 0 Å². The van der Waals surface area contributed by atoms with E-state index in [2.05, 4.69) is 35.7 Å². The molecular formula is C12H18N4. The van der Waals surface area contributed by atoms with Gasteiger partial charge in [-0.2, -0.15) is 0 Å². The van der Waals surface area contributed by atoms with Crippen LogP contribution >= 0.6 is 0 Å². The Bertz CT molecular complexity index is 499. The predicted molar refractivity (Wildman–Crippen MR) is 65.2 cm³/mol. The summed E-state index contributed by atoms with van der Waals surface area (Å²) < 4.78 is 0. The van der Waals surface area contributed by atoms with E-state index < -0.39 is 0 Å². The largest absolute Gasteiger partial charge is 0.346 e. The summed E-state index contributed by atoms with van der Waals surface area (Å²) in [7, 11) is 0. The van der Waals surface area contributed by atoms with Crippen LogP contribution in [0.1, 0.15) is 43.8 Å². The van der Waals surface area contributed by atoms with Gasteiger partial charge in [-0.1, -0.05) is 20.8 Å². The first-order chi connectivity index (χ1) is 7.67. The average Bonchev–Trinajstić information content (AvgIpc) is 2.70. The molecular weight excluding hydrogens is 200 g/mol. The SMILES string of the molecule is CCc1nc(C(C)C)nc2[nH]cc(CN)c12. The summed E-state index contributed by atoms with van der Waals surface area (Å²) in [6.07, 6.45) is 2.84. The number of aromatic nitrogens is 3. The third kappa shape index (κ3) is 1.69. The molecule has 2 aromatic rings. The molecule has 0 aliphatic rings. The molecule has 2 heterocycles. The summed E-state index contributed by atoms with van der Waals surface area (Å²) in [5, 5.41) is 1.11. The molecule has 0 radical (unpaired) electrons. The van der Waals surface area contributed by atoms with E-state index in [9.17, 15) is 0 Å². The number of nitrogens with zero attached hydrogens (tertiary/aromatic N) is 2. The van der Waals surface area contributed by atoms with Gasteiger partial charge in [0, 0.05) is 24.0 Å². The zero-order chi connectivity index (χ0) is 11.7. The van der Waals surface area contributed by atoms with E-state index in [1.807, 2.05) is 6.20 Å². The van der Waals surface area contributed by atoms with Gasteiger partial charge < -0.3 is 10.7 Å². The lowest BCUT2D eigenvalue weighted by Gasteiger charge is -2.07. The molecule has 0 fully saturated rings. The molecule has 86 valence electrons. The first-order valence-electron chi connectivity index (χ1n) is 5.74. The second kappa shape index (κ2) is 4.22. The standard InChI is InChI=1S/C12H18N4/c1-4-9-10-8(5-13)6-14-12(10)16-11(15-9)7(2)3/h6-7H,4-5,13H2,1-3H3,(H,14,15,16). The Morgan fingerprint density at radius 3 is 2.69 bits per heavy atom. The van der Waals surface area contributed by atoms with Gasteiger partial charge in [-0.25, -0.2) is 9.97 Å². The van der Waals surface area contributed by atoms with Crippen LogP contribution in [-0.2, 0) is 13.0 Å². The predicted octanol–water partition coefficient (Wildman–Crippen LogP) is 2.10. The fraction of sp³-hybridized carbons (Fsp3) is 0.500. The molecule has 0 saturated carbocycles. The van der Waals surface area contributed by atoms with Crippen molar-refractivity contribution in [1.29, 1.82) is 0 Å². The van der Waals surface area contributed by atoms with E-state index in [0.717, 1.165) is 34.5 Å². The molecule has 0 saturated heterocycles. The highest BCUT2D eigenvalue weighted by atomic mass is 15.0. The summed E-state index contributed by atoms with van der Waals surface area (Å²) in [6.45, 7) is 6.84. The van der Waals surface area contributed by atoms with Crippen LogP contribution in [0.4, 0.5) is 0 Å². The maximum Gasteiger partial charge on any atom is 0.141 e. The quantitative estimate of drug-likeness (QED) is 0.829. The molecule has 0 aliphatic carbocycles. The maximum absolute atomic E-state index is 5.71.